The fourth-order valence-corrected chi connectivity index (χ4v) is 3.28. The molecule has 3 rings (SSSR count). The molecule has 30 heavy (non-hydrogen) atoms. The van der Waals surface area contributed by atoms with E-state index in [0.717, 1.165) is 12.1 Å². The number of anilines is 2. The van der Waals surface area contributed by atoms with Gasteiger partial charge in [-0.2, -0.15) is 13.2 Å². The zero-order valence-electron chi connectivity index (χ0n) is 16.4. The summed E-state index contributed by atoms with van der Waals surface area (Å²) in [5.41, 5.74) is -0.137. The Kier molecular flexibility index (Phi) is 6.59. The molecule has 9 heteroatoms. The molecule has 0 saturated carbocycles. The number of benzene rings is 1. The average Bonchev–Trinajstić information content (AvgIpc) is 2.74. The molecule has 1 N–H and O–H groups in total. The molecule has 0 bridgehead atoms. The first-order chi connectivity index (χ1) is 14.3. The van der Waals surface area contributed by atoms with E-state index in [4.69, 9.17) is 4.74 Å². The van der Waals surface area contributed by atoms with Crippen molar-refractivity contribution in [2.45, 2.75) is 25.9 Å². The lowest BCUT2D eigenvalue weighted by Gasteiger charge is -2.30. The molecule has 1 aromatic carbocycles. The lowest BCUT2D eigenvalue weighted by molar-refractivity contribution is -0.149. The first-order valence-electron chi connectivity index (χ1n) is 9.64. The van der Waals surface area contributed by atoms with Crippen LogP contribution in [0, 0.1) is 5.92 Å². The second-order valence-electron chi connectivity index (χ2n) is 6.95. The summed E-state index contributed by atoms with van der Waals surface area (Å²) in [7, 11) is 0. The van der Waals surface area contributed by atoms with E-state index < -0.39 is 11.7 Å². The van der Waals surface area contributed by atoms with Crippen LogP contribution in [0.15, 0.2) is 42.6 Å². The van der Waals surface area contributed by atoms with E-state index in [1.165, 1.54) is 18.3 Å². The lowest BCUT2D eigenvalue weighted by atomic mass is 9.96. The van der Waals surface area contributed by atoms with E-state index in [1.807, 2.05) is 0 Å². The molecule has 1 fully saturated rings. The van der Waals surface area contributed by atoms with Crippen molar-refractivity contribution >= 4 is 23.4 Å². The van der Waals surface area contributed by atoms with Gasteiger partial charge in [-0.15, -0.1) is 0 Å². The van der Waals surface area contributed by atoms with Crippen LogP contribution in [0.5, 0.6) is 0 Å². The quantitative estimate of drug-likeness (QED) is 0.731. The highest BCUT2D eigenvalue weighted by Crippen LogP contribution is 2.31. The van der Waals surface area contributed by atoms with Gasteiger partial charge in [0.05, 0.1) is 23.7 Å². The van der Waals surface area contributed by atoms with Crippen molar-refractivity contribution in [3.05, 3.63) is 53.7 Å². The topological polar surface area (TPSA) is 71.5 Å². The van der Waals surface area contributed by atoms with Crippen LogP contribution in [0.25, 0.3) is 0 Å². The number of aromatic nitrogens is 1. The maximum Gasteiger partial charge on any atom is 0.416 e. The van der Waals surface area contributed by atoms with Crippen molar-refractivity contribution < 1.29 is 27.5 Å². The van der Waals surface area contributed by atoms with Crippen molar-refractivity contribution in [2.75, 3.05) is 25.0 Å². The Balaban J connectivity index is 1.59. The number of carbonyl (C=O) groups excluding carboxylic acids is 2. The van der Waals surface area contributed by atoms with Gasteiger partial charge < -0.3 is 15.0 Å². The summed E-state index contributed by atoms with van der Waals surface area (Å²) in [6.45, 7) is 3.00. The maximum atomic E-state index is 12.8. The highest BCUT2D eigenvalue weighted by atomic mass is 19.4. The Morgan fingerprint density at radius 2 is 1.93 bits per heavy atom. The van der Waals surface area contributed by atoms with Gasteiger partial charge in [0.25, 0.3) is 5.91 Å². The molecule has 0 unspecified atom stereocenters. The van der Waals surface area contributed by atoms with Crippen LogP contribution in [0.4, 0.5) is 24.7 Å². The number of carbonyl (C=O) groups is 2. The second kappa shape index (κ2) is 9.15. The smallest absolute Gasteiger partial charge is 0.416 e. The molecular formula is C21H22F3N3O3. The maximum absolute atomic E-state index is 12.8. The summed E-state index contributed by atoms with van der Waals surface area (Å²) < 4.78 is 43.5. The van der Waals surface area contributed by atoms with Crippen molar-refractivity contribution in [1.82, 2.24) is 9.88 Å². The average molecular weight is 421 g/mol. The molecule has 1 amide bonds. The van der Waals surface area contributed by atoms with Gasteiger partial charge in [-0.25, -0.2) is 4.98 Å². The number of piperidine rings is 1. The number of ether oxygens (including phenoxy) is 1. The van der Waals surface area contributed by atoms with Gasteiger partial charge in [0, 0.05) is 25.0 Å². The molecule has 1 aliphatic rings. The van der Waals surface area contributed by atoms with Crippen molar-refractivity contribution in [1.29, 1.82) is 0 Å². The van der Waals surface area contributed by atoms with E-state index >= 15 is 0 Å². The van der Waals surface area contributed by atoms with Crippen molar-refractivity contribution in [2.24, 2.45) is 5.92 Å². The molecule has 2 aromatic rings. The summed E-state index contributed by atoms with van der Waals surface area (Å²) >= 11 is 0. The fourth-order valence-electron chi connectivity index (χ4n) is 3.28. The number of nitrogens with one attached hydrogen (secondary N) is 1. The normalized spacial score (nSPS) is 15.0. The molecular weight excluding hydrogens is 399 g/mol. The molecule has 0 spiro atoms. The standard InChI is InChI=1S/C21H22F3N3O3/c1-2-30-20(29)14-8-10-27(11-9-14)19(28)15-6-7-18(25-13-15)26-17-5-3-4-16(12-17)21(22,23)24/h3-7,12-14H,2,8-11H2,1H3,(H,25,26). The van der Waals surface area contributed by atoms with Gasteiger partial charge in [-0.1, -0.05) is 6.07 Å². The third kappa shape index (κ3) is 5.28. The summed E-state index contributed by atoms with van der Waals surface area (Å²) in [5.74, 6) is -0.287. The van der Waals surface area contributed by atoms with Gasteiger partial charge >= 0.3 is 12.1 Å². The first-order valence-corrected chi connectivity index (χ1v) is 9.64. The van der Waals surface area contributed by atoms with Crippen LogP contribution in [-0.4, -0.2) is 41.5 Å². The van der Waals surface area contributed by atoms with E-state index in [2.05, 4.69) is 10.3 Å². The Morgan fingerprint density at radius 1 is 1.20 bits per heavy atom. The van der Waals surface area contributed by atoms with Crippen LogP contribution < -0.4 is 5.32 Å². The van der Waals surface area contributed by atoms with E-state index in [0.29, 0.717) is 43.9 Å². The van der Waals surface area contributed by atoms with E-state index in [9.17, 15) is 22.8 Å². The molecule has 1 aromatic heterocycles. The van der Waals surface area contributed by atoms with Gasteiger partial charge in [-0.05, 0) is 50.1 Å². The zero-order chi connectivity index (χ0) is 21.7. The summed E-state index contributed by atoms with van der Waals surface area (Å²) in [6, 6.07) is 7.91. The Bertz CT molecular complexity index is 892. The molecule has 1 aliphatic heterocycles. The minimum atomic E-state index is -4.43. The molecule has 0 radical (unpaired) electrons. The Morgan fingerprint density at radius 3 is 2.53 bits per heavy atom. The molecule has 0 aliphatic carbocycles. The number of amides is 1. The van der Waals surface area contributed by atoms with Gasteiger partial charge in [0.1, 0.15) is 5.82 Å². The third-order valence-electron chi connectivity index (χ3n) is 4.87. The number of pyridine rings is 1. The molecule has 6 nitrogen and oxygen atoms in total. The second-order valence-corrected chi connectivity index (χ2v) is 6.95. The van der Waals surface area contributed by atoms with E-state index in [1.54, 1.807) is 24.0 Å². The predicted molar refractivity (Wildman–Crippen MR) is 104 cm³/mol. The number of hydrogen-bond donors (Lipinski definition) is 1. The zero-order valence-corrected chi connectivity index (χ0v) is 16.4. The monoisotopic (exact) mass is 421 g/mol. The molecule has 1 saturated heterocycles. The van der Waals surface area contributed by atoms with Gasteiger partial charge in [0.2, 0.25) is 0 Å². The molecule has 0 atom stereocenters. The molecule has 2 heterocycles. The van der Waals surface area contributed by atoms with Gasteiger partial charge in [-0.3, -0.25) is 9.59 Å². The summed E-state index contributed by atoms with van der Waals surface area (Å²) in [5, 5.41) is 2.80. The summed E-state index contributed by atoms with van der Waals surface area (Å²) in [4.78, 5) is 30.2. The highest BCUT2D eigenvalue weighted by molar-refractivity contribution is 5.94. The van der Waals surface area contributed by atoms with Crippen LogP contribution >= 0.6 is 0 Å². The lowest BCUT2D eigenvalue weighted by Crippen LogP contribution is -2.40. The van der Waals surface area contributed by atoms with Crippen LogP contribution in [0.3, 0.4) is 0 Å². The number of rotatable bonds is 5. The third-order valence-corrected chi connectivity index (χ3v) is 4.87. The number of halogens is 3. The van der Waals surface area contributed by atoms with Crippen molar-refractivity contribution in [3.63, 3.8) is 0 Å². The Labute approximate surface area is 172 Å². The Hall–Kier alpha value is -3.10. The number of likely N-dealkylation sites (tertiary alicyclic amines) is 1. The minimum absolute atomic E-state index is 0.189. The van der Waals surface area contributed by atoms with Crippen LogP contribution in [0.2, 0.25) is 0 Å². The van der Waals surface area contributed by atoms with E-state index in [-0.39, 0.29) is 23.5 Å². The predicted octanol–water partition coefficient (Wildman–Crippen LogP) is 4.26. The first kappa shape index (κ1) is 21.6. The fraction of sp³-hybridized carbons (Fsp3) is 0.381. The number of alkyl halides is 3. The van der Waals surface area contributed by atoms with Crippen LogP contribution in [-0.2, 0) is 15.7 Å². The number of hydrogen-bond acceptors (Lipinski definition) is 5. The molecule has 160 valence electrons. The minimum Gasteiger partial charge on any atom is -0.466 e. The van der Waals surface area contributed by atoms with Crippen molar-refractivity contribution in [3.8, 4) is 0 Å². The highest BCUT2D eigenvalue weighted by Gasteiger charge is 2.30. The number of nitrogens with zero attached hydrogens (tertiary/aromatic N) is 2. The summed E-state index contributed by atoms with van der Waals surface area (Å²) in [6.07, 6.45) is -1.95. The van der Waals surface area contributed by atoms with Crippen LogP contribution in [0.1, 0.15) is 35.7 Å². The number of esters is 1. The SMILES string of the molecule is CCOC(=O)C1CCN(C(=O)c2ccc(Nc3cccc(C(F)(F)F)c3)nc2)CC1. The largest absolute Gasteiger partial charge is 0.466 e. The van der Waals surface area contributed by atoms with Gasteiger partial charge in [0.15, 0.2) is 0 Å².